The molecule has 2 nitrogen and oxygen atoms in total. The van der Waals surface area contributed by atoms with Crippen LogP contribution in [0.3, 0.4) is 0 Å². The van der Waals surface area contributed by atoms with E-state index in [4.69, 9.17) is 0 Å². The number of ether oxygens (including phenoxy) is 1. The first-order valence-corrected chi connectivity index (χ1v) is 4.45. The van der Waals surface area contributed by atoms with Crippen molar-refractivity contribution < 1.29 is 13.9 Å². The lowest BCUT2D eigenvalue weighted by Crippen LogP contribution is -2.05. The van der Waals surface area contributed by atoms with Crippen LogP contribution in [0.4, 0.5) is 4.39 Å². The number of carbonyl (C=O) groups is 1. The monoisotopic (exact) mass is 196 g/mol. The molecule has 1 aromatic carbocycles. The van der Waals surface area contributed by atoms with E-state index >= 15 is 0 Å². The highest BCUT2D eigenvalue weighted by molar-refractivity contribution is 5.70. The molecule has 0 heterocycles. The molecular formula is C11H13FO2. The van der Waals surface area contributed by atoms with Crippen LogP contribution in [0.25, 0.3) is 0 Å². The van der Waals surface area contributed by atoms with E-state index in [1.165, 1.54) is 19.2 Å². The third-order valence-electron chi connectivity index (χ3n) is 2.14. The van der Waals surface area contributed by atoms with Crippen molar-refractivity contribution in [3.8, 4) is 0 Å². The first-order valence-electron chi connectivity index (χ1n) is 4.45. The topological polar surface area (TPSA) is 26.3 Å². The highest BCUT2D eigenvalue weighted by Gasteiger charge is 2.10. The lowest BCUT2D eigenvalue weighted by molar-refractivity contribution is -0.140. The van der Waals surface area contributed by atoms with Crippen LogP contribution in [0.15, 0.2) is 24.3 Å². The minimum absolute atomic E-state index is 0.0584. The number of halogens is 1. The van der Waals surface area contributed by atoms with Gasteiger partial charge in [-0.05, 0) is 23.6 Å². The molecule has 0 aromatic heterocycles. The van der Waals surface area contributed by atoms with Crippen molar-refractivity contribution >= 4 is 5.97 Å². The smallest absolute Gasteiger partial charge is 0.306 e. The number of rotatable bonds is 3. The first-order chi connectivity index (χ1) is 6.63. The van der Waals surface area contributed by atoms with Crippen LogP contribution in [0.1, 0.15) is 24.8 Å². The lowest BCUT2D eigenvalue weighted by atomic mass is 9.98. The van der Waals surface area contributed by atoms with Crippen molar-refractivity contribution in [2.75, 3.05) is 7.11 Å². The van der Waals surface area contributed by atoms with E-state index in [1.54, 1.807) is 12.1 Å². The van der Waals surface area contributed by atoms with Gasteiger partial charge in [-0.25, -0.2) is 4.39 Å². The average Bonchev–Trinajstić information content (AvgIpc) is 2.18. The third-order valence-corrected chi connectivity index (χ3v) is 2.14. The van der Waals surface area contributed by atoms with Gasteiger partial charge in [0.25, 0.3) is 0 Å². The van der Waals surface area contributed by atoms with E-state index in [1.807, 2.05) is 6.92 Å². The Bertz CT molecular complexity index is 306. The molecule has 76 valence electrons. The van der Waals surface area contributed by atoms with E-state index in [0.29, 0.717) is 6.42 Å². The summed E-state index contributed by atoms with van der Waals surface area (Å²) >= 11 is 0. The predicted molar refractivity (Wildman–Crippen MR) is 51.4 cm³/mol. The van der Waals surface area contributed by atoms with Crippen LogP contribution in [0.2, 0.25) is 0 Å². The fourth-order valence-electron chi connectivity index (χ4n) is 1.24. The third kappa shape index (κ3) is 2.83. The minimum atomic E-state index is -0.265. The predicted octanol–water partition coefficient (Wildman–Crippen LogP) is 2.49. The quantitative estimate of drug-likeness (QED) is 0.694. The van der Waals surface area contributed by atoms with Gasteiger partial charge in [-0.1, -0.05) is 19.1 Å². The zero-order valence-corrected chi connectivity index (χ0v) is 8.29. The first kappa shape index (κ1) is 10.7. The Labute approximate surface area is 82.7 Å². The van der Waals surface area contributed by atoms with Gasteiger partial charge in [-0.2, -0.15) is 0 Å². The molecule has 0 aliphatic heterocycles. The fourth-order valence-corrected chi connectivity index (χ4v) is 1.24. The van der Waals surface area contributed by atoms with Crippen LogP contribution in [0.5, 0.6) is 0 Å². The Hall–Kier alpha value is -1.38. The Morgan fingerprint density at radius 2 is 2.00 bits per heavy atom. The van der Waals surface area contributed by atoms with E-state index in [9.17, 15) is 9.18 Å². The Kier molecular flexibility index (Phi) is 3.63. The molecule has 1 rings (SSSR count). The molecular weight excluding hydrogens is 183 g/mol. The molecule has 0 saturated carbocycles. The summed E-state index contributed by atoms with van der Waals surface area (Å²) in [6.45, 7) is 1.91. The van der Waals surface area contributed by atoms with Crippen LogP contribution in [0, 0.1) is 5.82 Å². The Morgan fingerprint density at radius 3 is 2.50 bits per heavy atom. The van der Waals surface area contributed by atoms with E-state index in [-0.39, 0.29) is 17.7 Å². The average molecular weight is 196 g/mol. The Balaban J connectivity index is 2.65. The summed E-state index contributed by atoms with van der Waals surface area (Å²) in [6, 6.07) is 6.15. The number of carbonyl (C=O) groups excluding carboxylic acids is 1. The van der Waals surface area contributed by atoms with Crippen LogP contribution in [-0.4, -0.2) is 13.1 Å². The summed E-state index contributed by atoms with van der Waals surface area (Å²) in [7, 11) is 1.36. The molecule has 0 radical (unpaired) electrons. The summed E-state index contributed by atoms with van der Waals surface area (Å²) in [6.07, 6.45) is 0.322. The van der Waals surface area contributed by atoms with Crippen molar-refractivity contribution in [3.63, 3.8) is 0 Å². The minimum Gasteiger partial charge on any atom is -0.469 e. The van der Waals surface area contributed by atoms with Gasteiger partial charge >= 0.3 is 5.97 Å². The zero-order valence-electron chi connectivity index (χ0n) is 8.29. The van der Waals surface area contributed by atoms with E-state index in [0.717, 1.165) is 5.56 Å². The van der Waals surface area contributed by atoms with Gasteiger partial charge in [0.15, 0.2) is 0 Å². The second-order valence-corrected chi connectivity index (χ2v) is 3.23. The van der Waals surface area contributed by atoms with Gasteiger partial charge in [-0.3, -0.25) is 4.79 Å². The maximum atomic E-state index is 12.6. The zero-order chi connectivity index (χ0) is 10.6. The van der Waals surface area contributed by atoms with Crippen molar-refractivity contribution in [3.05, 3.63) is 35.6 Å². The second-order valence-electron chi connectivity index (χ2n) is 3.23. The standard InChI is InChI=1S/C11H13FO2/c1-8(7-11(13)14-2)9-3-5-10(12)6-4-9/h3-6,8H,7H2,1-2H3/t8-/m0/s1. The number of benzene rings is 1. The second kappa shape index (κ2) is 4.74. The van der Waals surface area contributed by atoms with Crippen LogP contribution < -0.4 is 0 Å². The fraction of sp³-hybridized carbons (Fsp3) is 0.364. The van der Waals surface area contributed by atoms with Gasteiger partial charge in [-0.15, -0.1) is 0 Å². The molecule has 0 saturated heterocycles. The summed E-state index contributed by atoms with van der Waals surface area (Å²) < 4.78 is 17.1. The van der Waals surface area contributed by atoms with Gasteiger partial charge in [0.1, 0.15) is 5.82 Å². The summed E-state index contributed by atoms with van der Waals surface area (Å²) in [5, 5.41) is 0. The molecule has 0 aliphatic rings. The van der Waals surface area contributed by atoms with E-state index in [2.05, 4.69) is 4.74 Å². The molecule has 0 fully saturated rings. The molecule has 0 N–H and O–H groups in total. The maximum Gasteiger partial charge on any atom is 0.306 e. The van der Waals surface area contributed by atoms with Crippen LogP contribution >= 0.6 is 0 Å². The normalized spacial score (nSPS) is 12.2. The van der Waals surface area contributed by atoms with Gasteiger partial charge in [0, 0.05) is 0 Å². The van der Waals surface area contributed by atoms with Crippen molar-refractivity contribution in [1.82, 2.24) is 0 Å². The number of esters is 1. The molecule has 14 heavy (non-hydrogen) atoms. The Morgan fingerprint density at radius 1 is 1.43 bits per heavy atom. The highest BCUT2D eigenvalue weighted by atomic mass is 19.1. The molecule has 0 bridgehead atoms. The van der Waals surface area contributed by atoms with E-state index < -0.39 is 0 Å². The number of methoxy groups -OCH3 is 1. The van der Waals surface area contributed by atoms with Crippen molar-refractivity contribution in [1.29, 1.82) is 0 Å². The molecule has 0 aliphatic carbocycles. The summed E-state index contributed by atoms with van der Waals surface area (Å²) in [5.41, 5.74) is 0.941. The van der Waals surface area contributed by atoms with Gasteiger partial charge < -0.3 is 4.74 Å². The maximum absolute atomic E-state index is 12.6. The molecule has 1 aromatic rings. The molecule has 0 spiro atoms. The van der Waals surface area contributed by atoms with Gasteiger partial charge in [0.05, 0.1) is 13.5 Å². The SMILES string of the molecule is COC(=O)C[C@H](C)c1ccc(F)cc1. The molecule has 0 unspecified atom stereocenters. The lowest BCUT2D eigenvalue weighted by Gasteiger charge is -2.09. The molecule has 3 heteroatoms. The number of hydrogen-bond donors (Lipinski definition) is 0. The highest BCUT2D eigenvalue weighted by Crippen LogP contribution is 2.19. The van der Waals surface area contributed by atoms with Gasteiger partial charge in [0.2, 0.25) is 0 Å². The van der Waals surface area contributed by atoms with Crippen molar-refractivity contribution in [2.24, 2.45) is 0 Å². The van der Waals surface area contributed by atoms with Crippen LogP contribution in [-0.2, 0) is 9.53 Å². The molecule has 1 atom stereocenters. The summed E-state index contributed by atoms with van der Waals surface area (Å²) in [4.78, 5) is 11.0. The number of hydrogen-bond acceptors (Lipinski definition) is 2. The van der Waals surface area contributed by atoms with Crippen molar-refractivity contribution in [2.45, 2.75) is 19.3 Å². The largest absolute Gasteiger partial charge is 0.469 e. The molecule has 0 amide bonds. The summed E-state index contributed by atoms with van der Waals surface area (Å²) in [5.74, 6) is -0.455.